The van der Waals surface area contributed by atoms with Crippen LogP contribution in [0.2, 0.25) is 0 Å². The lowest BCUT2D eigenvalue weighted by molar-refractivity contribution is 0.447. The summed E-state index contributed by atoms with van der Waals surface area (Å²) in [5.74, 6) is 0.112. The van der Waals surface area contributed by atoms with Crippen molar-refractivity contribution in [2.75, 3.05) is 0 Å². The van der Waals surface area contributed by atoms with Gasteiger partial charge in [0.05, 0.1) is 5.56 Å². The number of H-pyrrole nitrogens is 1. The average molecular weight is 295 g/mol. The van der Waals surface area contributed by atoms with Gasteiger partial charge in [-0.1, -0.05) is 22.0 Å². The van der Waals surface area contributed by atoms with Gasteiger partial charge in [-0.05, 0) is 31.5 Å². The maximum atomic E-state index is 11.5. The van der Waals surface area contributed by atoms with Gasteiger partial charge in [-0.3, -0.25) is 4.79 Å². The van der Waals surface area contributed by atoms with E-state index in [0.29, 0.717) is 5.82 Å². The Labute approximate surface area is 106 Å². The fourth-order valence-corrected chi connectivity index (χ4v) is 2.14. The van der Waals surface area contributed by atoms with Crippen molar-refractivity contribution < 1.29 is 5.11 Å². The van der Waals surface area contributed by atoms with Crippen LogP contribution in [0.1, 0.15) is 11.1 Å². The number of hydrogen-bond acceptors (Lipinski definition) is 3. The summed E-state index contributed by atoms with van der Waals surface area (Å²) in [4.78, 5) is 18.1. The predicted molar refractivity (Wildman–Crippen MR) is 69.1 cm³/mol. The zero-order valence-electron chi connectivity index (χ0n) is 9.41. The molecule has 1 aromatic heterocycles. The van der Waals surface area contributed by atoms with E-state index < -0.39 is 0 Å². The number of nitrogens with zero attached hydrogens (tertiary/aromatic N) is 1. The summed E-state index contributed by atoms with van der Waals surface area (Å²) in [6, 6.07) is 5.68. The number of aromatic hydroxyl groups is 1. The predicted octanol–water partition coefficient (Wildman–Crippen LogP) is 2.52. The molecule has 0 unspecified atom stereocenters. The first-order chi connectivity index (χ1) is 7.99. The molecule has 0 aliphatic heterocycles. The molecule has 2 rings (SSSR count). The maximum absolute atomic E-state index is 11.5. The molecule has 2 aromatic rings. The van der Waals surface area contributed by atoms with E-state index in [1.165, 1.54) is 6.92 Å². The van der Waals surface area contributed by atoms with Crippen LogP contribution in [0.5, 0.6) is 5.88 Å². The van der Waals surface area contributed by atoms with Crippen LogP contribution in [0.25, 0.3) is 11.4 Å². The standard InChI is InChI=1S/C12H11BrN2O2/c1-6-3-4-8(9(13)5-6)10-14-11(16)7(2)12(17)15-10/h3-5H,1-2H3,(H2,14,15,16,17). The summed E-state index contributed by atoms with van der Waals surface area (Å²) in [7, 11) is 0. The Morgan fingerprint density at radius 2 is 2.06 bits per heavy atom. The molecule has 0 radical (unpaired) electrons. The molecule has 88 valence electrons. The average Bonchev–Trinajstić information content (AvgIpc) is 2.25. The van der Waals surface area contributed by atoms with Crippen molar-refractivity contribution in [3.63, 3.8) is 0 Å². The third kappa shape index (κ3) is 2.24. The van der Waals surface area contributed by atoms with Crippen LogP contribution < -0.4 is 5.56 Å². The van der Waals surface area contributed by atoms with Crippen LogP contribution in [0.3, 0.4) is 0 Å². The van der Waals surface area contributed by atoms with Crippen molar-refractivity contribution in [1.82, 2.24) is 9.97 Å². The zero-order valence-corrected chi connectivity index (χ0v) is 11.0. The van der Waals surface area contributed by atoms with E-state index in [2.05, 4.69) is 25.9 Å². The Morgan fingerprint density at radius 1 is 1.35 bits per heavy atom. The van der Waals surface area contributed by atoms with Crippen LogP contribution in [-0.4, -0.2) is 15.1 Å². The van der Waals surface area contributed by atoms with Gasteiger partial charge in [0.15, 0.2) is 0 Å². The van der Waals surface area contributed by atoms with Gasteiger partial charge >= 0.3 is 0 Å². The fourth-order valence-electron chi connectivity index (χ4n) is 1.46. The lowest BCUT2D eigenvalue weighted by atomic mass is 10.1. The van der Waals surface area contributed by atoms with Crippen molar-refractivity contribution in [1.29, 1.82) is 0 Å². The number of aromatic amines is 1. The molecule has 0 fully saturated rings. The van der Waals surface area contributed by atoms with Gasteiger partial charge in [0.2, 0.25) is 5.88 Å². The minimum Gasteiger partial charge on any atom is -0.493 e. The smallest absolute Gasteiger partial charge is 0.257 e. The third-order valence-corrected chi connectivity index (χ3v) is 3.16. The number of halogens is 1. The van der Waals surface area contributed by atoms with Crippen LogP contribution in [0.15, 0.2) is 27.5 Å². The summed E-state index contributed by atoms with van der Waals surface area (Å²) in [6.07, 6.45) is 0. The van der Waals surface area contributed by atoms with Gasteiger partial charge in [-0.15, -0.1) is 0 Å². The number of hydrogen-bond donors (Lipinski definition) is 2. The summed E-state index contributed by atoms with van der Waals surface area (Å²) in [5.41, 5.74) is 1.72. The minimum atomic E-state index is -0.333. The molecular formula is C12H11BrN2O2. The lowest BCUT2D eigenvalue weighted by Gasteiger charge is -2.06. The number of nitrogens with one attached hydrogen (secondary N) is 1. The van der Waals surface area contributed by atoms with Crippen LogP contribution in [0.4, 0.5) is 0 Å². The normalized spacial score (nSPS) is 10.5. The SMILES string of the molecule is Cc1ccc(-c2nc(O)c(C)c(=O)[nH]2)c(Br)c1. The highest BCUT2D eigenvalue weighted by Crippen LogP contribution is 2.27. The molecule has 2 N–H and O–H groups in total. The Morgan fingerprint density at radius 3 is 2.65 bits per heavy atom. The van der Waals surface area contributed by atoms with Crippen molar-refractivity contribution in [3.8, 4) is 17.3 Å². The largest absolute Gasteiger partial charge is 0.493 e. The topological polar surface area (TPSA) is 66.0 Å². The highest BCUT2D eigenvalue weighted by atomic mass is 79.9. The van der Waals surface area contributed by atoms with E-state index in [1.807, 2.05) is 25.1 Å². The molecule has 0 bridgehead atoms. The first-order valence-corrected chi connectivity index (χ1v) is 5.84. The van der Waals surface area contributed by atoms with Crippen molar-refractivity contribution in [2.24, 2.45) is 0 Å². The number of aryl methyl sites for hydroxylation is 1. The molecule has 0 aliphatic rings. The van der Waals surface area contributed by atoms with Gasteiger partial charge < -0.3 is 10.1 Å². The minimum absolute atomic E-state index is 0.219. The Kier molecular flexibility index (Phi) is 3.02. The number of aromatic nitrogens is 2. The summed E-state index contributed by atoms with van der Waals surface area (Å²) in [6.45, 7) is 3.49. The Hall–Kier alpha value is -1.62. The maximum Gasteiger partial charge on any atom is 0.257 e. The summed E-state index contributed by atoms with van der Waals surface area (Å²) in [5, 5.41) is 9.54. The molecule has 1 aromatic carbocycles. The van der Waals surface area contributed by atoms with Gasteiger partial charge in [-0.25, -0.2) is 0 Å². The van der Waals surface area contributed by atoms with Crippen molar-refractivity contribution >= 4 is 15.9 Å². The second-order valence-electron chi connectivity index (χ2n) is 3.85. The molecular weight excluding hydrogens is 284 g/mol. The van der Waals surface area contributed by atoms with E-state index in [9.17, 15) is 9.90 Å². The van der Waals surface area contributed by atoms with Crippen molar-refractivity contribution in [2.45, 2.75) is 13.8 Å². The highest BCUT2D eigenvalue weighted by molar-refractivity contribution is 9.10. The fraction of sp³-hybridized carbons (Fsp3) is 0.167. The molecule has 0 spiro atoms. The summed E-state index contributed by atoms with van der Waals surface area (Å²) >= 11 is 3.41. The highest BCUT2D eigenvalue weighted by Gasteiger charge is 2.10. The quantitative estimate of drug-likeness (QED) is 0.849. The monoisotopic (exact) mass is 294 g/mol. The van der Waals surface area contributed by atoms with Gasteiger partial charge in [0.1, 0.15) is 5.82 Å². The van der Waals surface area contributed by atoms with Gasteiger partial charge in [0.25, 0.3) is 5.56 Å². The molecule has 17 heavy (non-hydrogen) atoms. The Balaban J connectivity index is 2.65. The molecule has 1 heterocycles. The molecule has 0 aliphatic carbocycles. The molecule has 0 amide bonds. The molecule has 0 atom stereocenters. The van der Waals surface area contributed by atoms with Gasteiger partial charge in [-0.2, -0.15) is 4.98 Å². The number of benzene rings is 1. The van der Waals surface area contributed by atoms with E-state index in [-0.39, 0.29) is 17.0 Å². The van der Waals surface area contributed by atoms with Crippen molar-refractivity contribution in [3.05, 3.63) is 44.2 Å². The second-order valence-corrected chi connectivity index (χ2v) is 4.70. The Bertz CT molecular complexity index is 635. The third-order valence-electron chi connectivity index (χ3n) is 2.51. The first kappa shape index (κ1) is 11.9. The molecule has 5 heteroatoms. The van der Waals surface area contributed by atoms with E-state index in [0.717, 1.165) is 15.6 Å². The van der Waals surface area contributed by atoms with Crippen LogP contribution in [-0.2, 0) is 0 Å². The molecule has 0 saturated heterocycles. The lowest BCUT2D eigenvalue weighted by Crippen LogP contribution is -2.12. The molecule has 4 nitrogen and oxygen atoms in total. The second kappa shape index (κ2) is 4.33. The summed E-state index contributed by atoms with van der Waals surface area (Å²) < 4.78 is 0.823. The number of rotatable bonds is 1. The molecule has 0 saturated carbocycles. The van der Waals surface area contributed by atoms with Gasteiger partial charge in [0, 0.05) is 10.0 Å². The van der Waals surface area contributed by atoms with E-state index in [1.54, 1.807) is 0 Å². The van der Waals surface area contributed by atoms with Crippen LogP contribution >= 0.6 is 15.9 Å². The van der Waals surface area contributed by atoms with E-state index in [4.69, 9.17) is 0 Å². The van der Waals surface area contributed by atoms with E-state index >= 15 is 0 Å². The first-order valence-electron chi connectivity index (χ1n) is 5.05. The zero-order chi connectivity index (χ0) is 12.6. The van der Waals surface area contributed by atoms with Crippen LogP contribution in [0, 0.1) is 13.8 Å².